The van der Waals surface area contributed by atoms with Gasteiger partial charge < -0.3 is 14.8 Å². The van der Waals surface area contributed by atoms with E-state index in [9.17, 15) is 13.6 Å². The molecule has 1 amide bonds. The van der Waals surface area contributed by atoms with Crippen LogP contribution >= 0.6 is 0 Å². The standard InChI is InChI=1S/C16H13F2NO3/c1-9(10-3-5-14-15(7-10)22-8-21-14)19-16(20)11-2-4-12(17)13(18)6-11/h2-7,9H,8H2,1H3,(H,19,20). The molecule has 114 valence electrons. The molecule has 0 aliphatic carbocycles. The van der Waals surface area contributed by atoms with Gasteiger partial charge in [0, 0.05) is 5.56 Å². The highest BCUT2D eigenvalue weighted by Gasteiger charge is 2.18. The van der Waals surface area contributed by atoms with E-state index in [1.165, 1.54) is 6.07 Å². The number of carbonyl (C=O) groups excluding carboxylic acids is 1. The van der Waals surface area contributed by atoms with Gasteiger partial charge in [0.2, 0.25) is 6.79 Å². The van der Waals surface area contributed by atoms with Gasteiger partial charge >= 0.3 is 0 Å². The number of nitrogens with one attached hydrogen (secondary N) is 1. The Morgan fingerprint density at radius 2 is 1.86 bits per heavy atom. The van der Waals surface area contributed by atoms with Gasteiger partial charge in [-0.05, 0) is 42.8 Å². The van der Waals surface area contributed by atoms with Crippen molar-refractivity contribution in [3.8, 4) is 11.5 Å². The Morgan fingerprint density at radius 1 is 1.09 bits per heavy atom. The second-order valence-electron chi connectivity index (χ2n) is 4.94. The van der Waals surface area contributed by atoms with Crippen molar-refractivity contribution in [2.75, 3.05) is 6.79 Å². The number of hydrogen-bond acceptors (Lipinski definition) is 3. The molecule has 0 saturated carbocycles. The lowest BCUT2D eigenvalue weighted by molar-refractivity contribution is 0.0939. The second kappa shape index (κ2) is 5.63. The monoisotopic (exact) mass is 305 g/mol. The van der Waals surface area contributed by atoms with Crippen LogP contribution in [0, 0.1) is 11.6 Å². The maximum absolute atomic E-state index is 13.2. The predicted molar refractivity (Wildman–Crippen MR) is 74.8 cm³/mol. The smallest absolute Gasteiger partial charge is 0.251 e. The quantitative estimate of drug-likeness (QED) is 0.947. The van der Waals surface area contributed by atoms with E-state index in [1.54, 1.807) is 19.1 Å². The fourth-order valence-electron chi connectivity index (χ4n) is 2.18. The van der Waals surface area contributed by atoms with Crippen LogP contribution in [0.3, 0.4) is 0 Å². The van der Waals surface area contributed by atoms with E-state index in [4.69, 9.17) is 9.47 Å². The normalized spacial score (nSPS) is 13.8. The molecule has 22 heavy (non-hydrogen) atoms. The molecular weight excluding hydrogens is 292 g/mol. The van der Waals surface area contributed by atoms with Crippen LogP contribution in [0.4, 0.5) is 8.78 Å². The largest absolute Gasteiger partial charge is 0.454 e. The topological polar surface area (TPSA) is 47.6 Å². The number of benzene rings is 2. The third-order valence-electron chi connectivity index (χ3n) is 3.43. The van der Waals surface area contributed by atoms with Gasteiger partial charge in [0.15, 0.2) is 23.1 Å². The SMILES string of the molecule is CC(NC(=O)c1ccc(F)c(F)c1)c1ccc2c(c1)OCO2. The molecule has 1 unspecified atom stereocenters. The number of rotatable bonds is 3. The van der Waals surface area contributed by atoms with Crippen molar-refractivity contribution in [1.29, 1.82) is 0 Å². The van der Waals surface area contributed by atoms with E-state index in [0.717, 1.165) is 17.7 Å². The van der Waals surface area contributed by atoms with Crippen LogP contribution in [0.1, 0.15) is 28.9 Å². The molecule has 2 aromatic rings. The highest BCUT2D eigenvalue weighted by molar-refractivity contribution is 5.94. The van der Waals surface area contributed by atoms with Crippen molar-refractivity contribution in [3.63, 3.8) is 0 Å². The van der Waals surface area contributed by atoms with Crippen molar-refractivity contribution in [2.24, 2.45) is 0 Å². The molecule has 1 heterocycles. The molecule has 0 fully saturated rings. The Labute approximate surface area is 125 Å². The van der Waals surface area contributed by atoms with E-state index in [2.05, 4.69) is 5.32 Å². The van der Waals surface area contributed by atoms with Crippen LogP contribution in [0.25, 0.3) is 0 Å². The van der Waals surface area contributed by atoms with Gasteiger partial charge in [-0.1, -0.05) is 6.07 Å². The molecule has 0 saturated heterocycles. The molecule has 0 radical (unpaired) electrons. The summed E-state index contributed by atoms with van der Waals surface area (Å²) in [5.74, 6) is -1.25. The molecule has 6 heteroatoms. The third-order valence-corrected chi connectivity index (χ3v) is 3.43. The van der Waals surface area contributed by atoms with Gasteiger partial charge in [-0.25, -0.2) is 8.78 Å². The Kier molecular flexibility index (Phi) is 3.66. The molecule has 0 bridgehead atoms. The lowest BCUT2D eigenvalue weighted by atomic mass is 10.1. The molecule has 0 aromatic heterocycles. The Balaban J connectivity index is 1.74. The van der Waals surface area contributed by atoms with Crippen LogP contribution in [-0.2, 0) is 0 Å². The van der Waals surface area contributed by atoms with Crippen molar-refractivity contribution < 1.29 is 23.0 Å². The predicted octanol–water partition coefficient (Wildman–Crippen LogP) is 3.18. The van der Waals surface area contributed by atoms with E-state index in [-0.39, 0.29) is 18.4 Å². The fourth-order valence-corrected chi connectivity index (χ4v) is 2.18. The summed E-state index contributed by atoms with van der Waals surface area (Å²) in [7, 11) is 0. The summed E-state index contributed by atoms with van der Waals surface area (Å²) in [6.45, 7) is 1.96. The molecule has 1 aliphatic rings. The molecule has 3 rings (SSSR count). The number of fused-ring (bicyclic) bond motifs is 1. The third kappa shape index (κ3) is 2.72. The summed E-state index contributed by atoms with van der Waals surface area (Å²) in [6, 6.07) is 8.06. The fraction of sp³-hybridized carbons (Fsp3) is 0.188. The van der Waals surface area contributed by atoms with Gasteiger partial charge in [-0.2, -0.15) is 0 Å². The van der Waals surface area contributed by atoms with Crippen molar-refractivity contribution in [3.05, 3.63) is 59.2 Å². The molecule has 2 aromatic carbocycles. The number of hydrogen-bond donors (Lipinski definition) is 1. The summed E-state index contributed by atoms with van der Waals surface area (Å²) >= 11 is 0. The lowest BCUT2D eigenvalue weighted by Crippen LogP contribution is -2.26. The second-order valence-corrected chi connectivity index (χ2v) is 4.94. The number of amides is 1. The minimum atomic E-state index is -1.05. The Morgan fingerprint density at radius 3 is 2.64 bits per heavy atom. The first-order chi connectivity index (χ1) is 10.5. The summed E-state index contributed by atoms with van der Waals surface area (Å²) in [4.78, 5) is 12.1. The first-order valence-corrected chi connectivity index (χ1v) is 6.70. The first-order valence-electron chi connectivity index (χ1n) is 6.70. The highest BCUT2D eigenvalue weighted by atomic mass is 19.2. The van der Waals surface area contributed by atoms with E-state index in [0.29, 0.717) is 11.5 Å². The number of halogens is 2. The molecule has 1 aliphatic heterocycles. The van der Waals surface area contributed by atoms with Crippen LogP contribution in [-0.4, -0.2) is 12.7 Å². The van der Waals surface area contributed by atoms with E-state index >= 15 is 0 Å². The van der Waals surface area contributed by atoms with Crippen LogP contribution < -0.4 is 14.8 Å². The van der Waals surface area contributed by atoms with Gasteiger partial charge in [-0.15, -0.1) is 0 Å². The van der Waals surface area contributed by atoms with Crippen molar-refractivity contribution >= 4 is 5.91 Å². The number of carbonyl (C=O) groups is 1. The minimum Gasteiger partial charge on any atom is -0.454 e. The summed E-state index contributed by atoms with van der Waals surface area (Å²) in [5, 5.41) is 2.73. The Bertz CT molecular complexity index is 733. The van der Waals surface area contributed by atoms with Gasteiger partial charge in [-0.3, -0.25) is 4.79 Å². The summed E-state index contributed by atoms with van der Waals surface area (Å²) in [5.41, 5.74) is 0.881. The zero-order chi connectivity index (χ0) is 15.7. The van der Waals surface area contributed by atoms with Crippen LogP contribution in [0.5, 0.6) is 11.5 Å². The van der Waals surface area contributed by atoms with Gasteiger partial charge in [0.05, 0.1) is 6.04 Å². The highest BCUT2D eigenvalue weighted by Crippen LogP contribution is 2.34. The molecule has 1 N–H and O–H groups in total. The maximum Gasteiger partial charge on any atom is 0.251 e. The summed E-state index contributed by atoms with van der Waals surface area (Å²) < 4.78 is 36.6. The zero-order valence-electron chi connectivity index (χ0n) is 11.7. The molecule has 1 atom stereocenters. The van der Waals surface area contributed by atoms with E-state index in [1.807, 2.05) is 6.07 Å². The van der Waals surface area contributed by atoms with Crippen LogP contribution in [0.15, 0.2) is 36.4 Å². The average molecular weight is 305 g/mol. The van der Waals surface area contributed by atoms with Crippen LogP contribution in [0.2, 0.25) is 0 Å². The van der Waals surface area contributed by atoms with E-state index < -0.39 is 17.5 Å². The van der Waals surface area contributed by atoms with Crippen molar-refractivity contribution in [2.45, 2.75) is 13.0 Å². The molecular formula is C16H13F2NO3. The average Bonchev–Trinajstić information content (AvgIpc) is 2.97. The van der Waals surface area contributed by atoms with Gasteiger partial charge in [0.25, 0.3) is 5.91 Å². The first kappa shape index (κ1) is 14.3. The summed E-state index contributed by atoms with van der Waals surface area (Å²) in [6.07, 6.45) is 0. The zero-order valence-corrected chi connectivity index (χ0v) is 11.7. The van der Waals surface area contributed by atoms with Gasteiger partial charge in [0.1, 0.15) is 0 Å². The molecule has 4 nitrogen and oxygen atoms in total. The lowest BCUT2D eigenvalue weighted by Gasteiger charge is -2.15. The molecule has 0 spiro atoms. The maximum atomic E-state index is 13.2. The number of ether oxygens (including phenoxy) is 2. The Hall–Kier alpha value is -2.63. The van der Waals surface area contributed by atoms with Crippen molar-refractivity contribution in [1.82, 2.24) is 5.32 Å². The minimum absolute atomic E-state index is 0.0616.